The van der Waals surface area contributed by atoms with E-state index in [1.807, 2.05) is 6.07 Å². The fourth-order valence-corrected chi connectivity index (χ4v) is 2.43. The van der Waals surface area contributed by atoms with Crippen molar-refractivity contribution in [2.24, 2.45) is 0 Å². The molecule has 1 fully saturated rings. The van der Waals surface area contributed by atoms with Gasteiger partial charge in [-0.3, -0.25) is 4.79 Å². The van der Waals surface area contributed by atoms with Crippen LogP contribution in [0.4, 0.5) is 11.4 Å². The molecule has 21 heavy (non-hydrogen) atoms. The average Bonchev–Trinajstić information content (AvgIpc) is 2.92. The number of nitrogens with one attached hydrogen (secondary N) is 1. The summed E-state index contributed by atoms with van der Waals surface area (Å²) in [4.78, 5) is 24.3. The van der Waals surface area contributed by atoms with Crippen LogP contribution in [-0.2, 0) is 14.3 Å². The number of halogens is 1. The van der Waals surface area contributed by atoms with Gasteiger partial charge in [-0.2, -0.15) is 0 Å². The lowest BCUT2D eigenvalue weighted by molar-refractivity contribution is -0.143. The van der Waals surface area contributed by atoms with E-state index in [2.05, 4.69) is 10.2 Å². The highest BCUT2D eigenvalue weighted by Crippen LogP contribution is 2.31. The Kier molecular flexibility index (Phi) is 5.41. The van der Waals surface area contributed by atoms with E-state index in [0.717, 1.165) is 31.6 Å². The summed E-state index contributed by atoms with van der Waals surface area (Å²) < 4.78 is 4.77. The van der Waals surface area contributed by atoms with E-state index in [9.17, 15) is 9.59 Å². The highest BCUT2D eigenvalue weighted by atomic mass is 35.5. The molecule has 6 nitrogen and oxygen atoms in total. The summed E-state index contributed by atoms with van der Waals surface area (Å²) in [5, 5.41) is 11.7. The minimum absolute atomic E-state index is 0.307. The van der Waals surface area contributed by atoms with Crippen molar-refractivity contribution in [3.8, 4) is 0 Å². The summed E-state index contributed by atoms with van der Waals surface area (Å²) in [6, 6.07) is 5.34. The molecular formula is C14H17ClN2O4. The van der Waals surface area contributed by atoms with Crippen LogP contribution in [0.1, 0.15) is 12.8 Å². The zero-order valence-electron chi connectivity index (χ0n) is 11.5. The molecular weight excluding hydrogens is 296 g/mol. The van der Waals surface area contributed by atoms with E-state index in [1.54, 1.807) is 12.1 Å². The van der Waals surface area contributed by atoms with Crippen LogP contribution in [0.3, 0.4) is 0 Å². The van der Waals surface area contributed by atoms with Crippen LogP contribution in [-0.4, -0.2) is 43.3 Å². The number of carboxylic acids is 1. The number of benzene rings is 1. The van der Waals surface area contributed by atoms with Crippen molar-refractivity contribution in [2.75, 3.05) is 36.5 Å². The largest absolute Gasteiger partial charge is 0.480 e. The molecule has 114 valence electrons. The van der Waals surface area contributed by atoms with E-state index < -0.39 is 18.5 Å². The van der Waals surface area contributed by atoms with Gasteiger partial charge < -0.3 is 20.1 Å². The first kappa shape index (κ1) is 15.6. The fraction of sp³-hybridized carbons (Fsp3) is 0.429. The summed E-state index contributed by atoms with van der Waals surface area (Å²) in [5.74, 6) is -1.51. The van der Waals surface area contributed by atoms with Crippen molar-refractivity contribution in [1.82, 2.24) is 0 Å². The van der Waals surface area contributed by atoms with Crippen LogP contribution in [0.2, 0.25) is 5.02 Å². The predicted octanol–water partition coefficient (Wildman–Crippen LogP) is 1.98. The van der Waals surface area contributed by atoms with Gasteiger partial charge in [0.2, 0.25) is 5.91 Å². The third kappa shape index (κ3) is 4.61. The second kappa shape index (κ2) is 7.28. The molecule has 1 aromatic rings. The second-order valence-corrected chi connectivity index (χ2v) is 5.23. The van der Waals surface area contributed by atoms with Crippen LogP contribution >= 0.6 is 11.6 Å². The number of ether oxygens (including phenoxy) is 1. The van der Waals surface area contributed by atoms with Gasteiger partial charge in [-0.05, 0) is 31.0 Å². The molecule has 7 heteroatoms. The highest BCUT2D eigenvalue weighted by Gasteiger charge is 2.17. The summed E-state index contributed by atoms with van der Waals surface area (Å²) in [6.07, 6.45) is 2.25. The van der Waals surface area contributed by atoms with Gasteiger partial charge in [0, 0.05) is 18.1 Å². The lowest BCUT2D eigenvalue weighted by Crippen LogP contribution is -2.24. The fourth-order valence-electron chi connectivity index (χ4n) is 2.26. The molecule has 1 amide bonds. The van der Waals surface area contributed by atoms with E-state index in [-0.39, 0.29) is 6.61 Å². The first-order chi connectivity index (χ1) is 10.1. The predicted molar refractivity (Wildman–Crippen MR) is 80.0 cm³/mol. The molecule has 1 heterocycles. The topological polar surface area (TPSA) is 78.9 Å². The molecule has 2 N–H and O–H groups in total. The van der Waals surface area contributed by atoms with Crippen LogP contribution in [0.25, 0.3) is 0 Å². The minimum atomic E-state index is -1.11. The number of carbonyl (C=O) groups excluding carboxylic acids is 1. The Labute approximate surface area is 127 Å². The first-order valence-electron chi connectivity index (χ1n) is 6.70. The molecule has 0 atom stereocenters. The molecule has 0 unspecified atom stereocenters. The van der Waals surface area contributed by atoms with Crippen molar-refractivity contribution in [3.05, 3.63) is 23.2 Å². The van der Waals surface area contributed by atoms with E-state index in [0.29, 0.717) is 10.7 Å². The number of hydrogen-bond acceptors (Lipinski definition) is 4. The van der Waals surface area contributed by atoms with Crippen LogP contribution in [0.15, 0.2) is 18.2 Å². The number of nitrogens with zero attached hydrogens (tertiary/aromatic N) is 1. The van der Waals surface area contributed by atoms with Gasteiger partial charge in [0.05, 0.1) is 11.4 Å². The minimum Gasteiger partial charge on any atom is -0.480 e. The van der Waals surface area contributed by atoms with Gasteiger partial charge in [-0.15, -0.1) is 0 Å². The molecule has 0 radical (unpaired) electrons. The Morgan fingerprint density at radius 2 is 2.00 bits per heavy atom. The Hall–Kier alpha value is -1.79. The third-order valence-corrected chi connectivity index (χ3v) is 3.37. The Balaban J connectivity index is 2.02. The standard InChI is InChI=1S/C14H17ClN2O4/c15-10-3-4-12(17-5-1-2-6-17)11(7-10)16-13(18)8-21-9-14(19)20/h3-4,7H,1-2,5-6,8-9H2,(H,16,18)(H,19,20). The van der Waals surface area contributed by atoms with Crippen molar-refractivity contribution >= 4 is 34.9 Å². The molecule has 0 aromatic heterocycles. The lowest BCUT2D eigenvalue weighted by Gasteiger charge is -2.21. The normalized spacial score (nSPS) is 14.2. The maximum Gasteiger partial charge on any atom is 0.329 e. The molecule has 1 aromatic carbocycles. The number of anilines is 2. The average molecular weight is 313 g/mol. The lowest BCUT2D eigenvalue weighted by atomic mass is 10.2. The molecule has 0 spiro atoms. The van der Waals surface area contributed by atoms with E-state index in [4.69, 9.17) is 21.4 Å². The third-order valence-electron chi connectivity index (χ3n) is 3.14. The zero-order chi connectivity index (χ0) is 15.2. The maximum absolute atomic E-state index is 11.8. The monoisotopic (exact) mass is 312 g/mol. The van der Waals surface area contributed by atoms with Crippen molar-refractivity contribution in [1.29, 1.82) is 0 Å². The molecule has 0 aliphatic carbocycles. The van der Waals surface area contributed by atoms with Gasteiger partial charge in [-0.25, -0.2) is 4.79 Å². The number of rotatable bonds is 6. The number of carbonyl (C=O) groups is 2. The quantitative estimate of drug-likeness (QED) is 0.839. The number of amides is 1. The summed E-state index contributed by atoms with van der Waals surface area (Å²) in [7, 11) is 0. The SMILES string of the molecule is O=C(O)COCC(=O)Nc1cc(Cl)ccc1N1CCCC1. The molecule has 0 saturated carbocycles. The van der Waals surface area contributed by atoms with Crippen molar-refractivity contribution < 1.29 is 19.4 Å². The van der Waals surface area contributed by atoms with Gasteiger partial charge >= 0.3 is 5.97 Å². The van der Waals surface area contributed by atoms with Crippen LogP contribution in [0.5, 0.6) is 0 Å². The maximum atomic E-state index is 11.8. The summed E-state index contributed by atoms with van der Waals surface area (Å²) in [5.41, 5.74) is 1.54. The smallest absolute Gasteiger partial charge is 0.329 e. The van der Waals surface area contributed by atoms with Crippen LogP contribution in [0, 0.1) is 0 Å². The van der Waals surface area contributed by atoms with Crippen molar-refractivity contribution in [3.63, 3.8) is 0 Å². The molecule has 1 aliphatic heterocycles. The Morgan fingerprint density at radius 3 is 2.67 bits per heavy atom. The second-order valence-electron chi connectivity index (χ2n) is 4.79. The van der Waals surface area contributed by atoms with Gasteiger partial charge in [0.15, 0.2) is 0 Å². The van der Waals surface area contributed by atoms with Gasteiger partial charge in [-0.1, -0.05) is 11.6 Å². The van der Waals surface area contributed by atoms with Crippen LogP contribution < -0.4 is 10.2 Å². The number of hydrogen-bond donors (Lipinski definition) is 2. The van der Waals surface area contributed by atoms with E-state index in [1.165, 1.54) is 0 Å². The highest BCUT2D eigenvalue weighted by molar-refractivity contribution is 6.31. The first-order valence-corrected chi connectivity index (χ1v) is 7.08. The van der Waals surface area contributed by atoms with Gasteiger partial charge in [0.25, 0.3) is 0 Å². The molecule has 2 rings (SSSR count). The van der Waals surface area contributed by atoms with Gasteiger partial charge in [0.1, 0.15) is 13.2 Å². The van der Waals surface area contributed by atoms with E-state index >= 15 is 0 Å². The Bertz CT molecular complexity index is 530. The summed E-state index contributed by atoms with van der Waals surface area (Å²) >= 11 is 5.97. The molecule has 1 aliphatic rings. The Morgan fingerprint density at radius 1 is 1.29 bits per heavy atom. The summed E-state index contributed by atoms with van der Waals surface area (Å²) in [6.45, 7) is 1.08. The number of aliphatic carboxylic acids is 1. The zero-order valence-corrected chi connectivity index (χ0v) is 12.2. The molecule has 1 saturated heterocycles. The molecule has 0 bridgehead atoms. The van der Waals surface area contributed by atoms with Crippen molar-refractivity contribution in [2.45, 2.75) is 12.8 Å². The number of carboxylic acid groups (broad SMARTS) is 1.